The van der Waals surface area contributed by atoms with E-state index in [4.69, 9.17) is 10.9 Å². The average Bonchev–Trinajstić information content (AvgIpc) is 2.34. The topological polar surface area (TPSA) is 99.2 Å². The molecule has 0 fully saturated rings. The molecule has 0 atom stereocenters. The summed E-state index contributed by atoms with van der Waals surface area (Å²) in [5.74, 6) is 0.237. The molecule has 3 N–H and O–H groups in total. The van der Waals surface area contributed by atoms with Crippen LogP contribution in [0.15, 0.2) is 5.16 Å². The van der Waals surface area contributed by atoms with Gasteiger partial charge in [-0.2, -0.15) is 17.0 Å². The third-order valence-corrected chi connectivity index (χ3v) is 4.83. The fourth-order valence-electron chi connectivity index (χ4n) is 1.71. The van der Waals surface area contributed by atoms with E-state index in [0.29, 0.717) is 19.6 Å². The molecular weight excluding hydrogens is 268 g/mol. The molecule has 0 heterocycles. The Hall–Kier alpha value is -0.860. The van der Waals surface area contributed by atoms with Gasteiger partial charge in [0, 0.05) is 32.6 Å². The molecule has 0 aliphatic heterocycles. The zero-order chi connectivity index (χ0) is 15.1. The Bertz CT molecular complexity index is 377. The zero-order valence-electron chi connectivity index (χ0n) is 12.2. The molecule has 7 nitrogen and oxygen atoms in total. The maximum Gasteiger partial charge on any atom is 0.281 e. The van der Waals surface area contributed by atoms with E-state index in [1.54, 1.807) is 13.8 Å². The molecule has 0 aromatic heterocycles. The Kier molecular flexibility index (Phi) is 7.96. The van der Waals surface area contributed by atoms with E-state index in [2.05, 4.69) is 5.16 Å². The zero-order valence-corrected chi connectivity index (χ0v) is 13.0. The molecule has 0 aromatic rings. The first-order valence-corrected chi connectivity index (χ1v) is 7.90. The van der Waals surface area contributed by atoms with E-state index in [1.807, 2.05) is 13.8 Å². The van der Waals surface area contributed by atoms with Gasteiger partial charge in [-0.3, -0.25) is 0 Å². The van der Waals surface area contributed by atoms with Crippen LogP contribution < -0.4 is 5.73 Å². The van der Waals surface area contributed by atoms with E-state index in [-0.39, 0.29) is 24.7 Å². The second-order valence-electron chi connectivity index (χ2n) is 4.69. The lowest BCUT2D eigenvalue weighted by Crippen LogP contribution is -2.46. The summed E-state index contributed by atoms with van der Waals surface area (Å²) in [4.78, 5) is 0. The highest BCUT2D eigenvalue weighted by Gasteiger charge is 2.27. The minimum Gasteiger partial charge on any atom is -0.409 e. The second kappa shape index (κ2) is 8.34. The van der Waals surface area contributed by atoms with Crippen molar-refractivity contribution < 1.29 is 13.6 Å². The maximum atomic E-state index is 12.4. The number of hydrogen-bond donors (Lipinski definition) is 2. The number of nitrogens with zero attached hydrogens (tertiary/aromatic N) is 3. The van der Waals surface area contributed by atoms with Gasteiger partial charge in [0.1, 0.15) is 5.84 Å². The molecule has 0 aromatic carbocycles. The van der Waals surface area contributed by atoms with Crippen molar-refractivity contribution in [3.05, 3.63) is 0 Å². The predicted octanol–water partition coefficient (Wildman–Crippen LogP) is 0.668. The molecular formula is C11H26N4O3S. The smallest absolute Gasteiger partial charge is 0.281 e. The number of nitrogens with two attached hydrogens (primary N) is 1. The van der Waals surface area contributed by atoms with Gasteiger partial charge in [0.25, 0.3) is 10.2 Å². The molecule has 0 bridgehead atoms. The van der Waals surface area contributed by atoms with Gasteiger partial charge < -0.3 is 10.9 Å². The summed E-state index contributed by atoms with van der Waals surface area (Å²) in [7, 11) is -3.49. The highest BCUT2D eigenvalue weighted by Crippen LogP contribution is 2.11. The first-order valence-electron chi connectivity index (χ1n) is 6.51. The summed E-state index contributed by atoms with van der Waals surface area (Å²) >= 11 is 0. The maximum absolute atomic E-state index is 12.4. The fraction of sp³-hybridized carbons (Fsp3) is 0.909. The van der Waals surface area contributed by atoms with Crippen molar-refractivity contribution in [1.82, 2.24) is 8.61 Å². The molecule has 19 heavy (non-hydrogen) atoms. The lowest BCUT2D eigenvalue weighted by atomic mass is 10.2. The Balaban J connectivity index is 5.01. The van der Waals surface area contributed by atoms with Crippen molar-refractivity contribution in [3.8, 4) is 0 Å². The van der Waals surface area contributed by atoms with Crippen molar-refractivity contribution in [2.24, 2.45) is 16.8 Å². The first kappa shape index (κ1) is 18.1. The SMILES string of the molecule is CCN(CC)S(=O)(=O)N(CCC(N)=NO)CC(C)C. The van der Waals surface area contributed by atoms with Gasteiger partial charge in [-0.25, -0.2) is 0 Å². The van der Waals surface area contributed by atoms with E-state index in [9.17, 15) is 8.42 Å². The van der Waals surface area contributed by atoms with Crippen LogP contribution in [0, 0.1) is 5.92 Å². The molecule has 0 amide bonds. The molecule has 8 heteroatoms. The molecule has 0 unspecified atom stereocenters. The summed E-state index contributed by atoms with van der Waals surface area (Å²) in [5, 5.41) is 11.4. The Morgan fingerprint density at radius 3 is 2.16 bits per heavy atom. The summed E-state index contributed by atoms with van der Waals surface area (Å²) in [6, 6.07) is 0. The fourth-order valence-corrected chi connectivity index (χ4v) is 3.50. The van der Waals surface area contributed by atoms with Crippen LogP contribution in [0.3, 0.4) is 0 Å². The van der Waals surface area contributed by atoms with Crippen molar-refractivity contribution in [2.45, 2.75) is 34.1 Å². The minimum atomic E-state index is -3.49. The Labute approximate surface area is 116 Å². The van der Waals surface area contributed by atoms with Crippen molar-refractivity contribution in [1.29, 1.82) is 0 Å². The number of rotatable bonds is 9. The second-order valence-corrected chi connectivity index (χ2v) is 6.61. The van der Waals surface area contributed by atoms with E-state index in [0.717, 1.165) is 0 Å². The van der Waals surface area contributed by atoms with E-state index < -0.39 is 10.2 Å². The monoisotopic (exact) mass is 294 g/mol. The summed E-state index contributed by atoms with van der Waals surface area (Å²) in [5.41, 5.74) is 5.40. The van der Waals surface area contributed by atoms with Gasteiger partial charge in [0.05, 0.1) is 0 Å². The van der Waals surface area contributed by atoms with Gasteiger partial charge in [0.15, 0.2) is 0 Å². The largest absolute Gasteiger partial charge is 0.409 e. The highest BCUT2D eigenvalue weighted by atomic mass is 32.2. The van der Waals surface area contributed by atoms with Crippen LogP contribution in [-0.2, 0) is 10.2 Å². The van der Waals surface area contributed by atoms with Crippen LogP contribution in [0.1, 0.15) is 34.1 Å². The highest BCUT2D eigenvalue weighted by molar-refractivity contribution is 7.86. The molecule has 0 rings (SSSR count). The average molecular weight is 294 g/mol. The summed E-state index contributed by atoms with van der Waals surface area (Å²) < 4.78 is 27.7. The first-order chi connectivity index (χ1) is 8.79. The molecule has 0 saturated carbocycles. The van der Waals surface area contributed by atoms with Gasteiger partial charge in [-0.15, -0.1) is 0 Å². The molecule has 0 aliphatic rings. The number of amidine groups is 1. The van der Waals surface area contributed by atoms with Gasteiger partial charge in [-0.05, 0) is 5.92 Å². The summed E-state index contributed by atoms with van der Waals surface area (Å²) in [6.45, 7) is 9.00. The lowest BCUT2D eigenvalue weighted by Gasteiger charge is -2.29. The van der Waals surface area contributed by atoms with Crippen LogP contribution in [0.2, 0.25) is 0 Å². The van der Waals surface area contributed by atoms with Crippen LogP contribution in [0.25, 0.3) is 0 Å². The van der Waals surface area contributed by atoms with Crippen LogP contribution >= 0.6 is 0 Å². The Morgan fingerprint density at radius 2 is 1.79 bits per heavy atom. The third kappa shape index (κ3) is 5.75. The lowest BCUT2D eigenvalue weighted by molar-refractivity contribution is 0.310. The molecule has 0 spiro atoms. The van der Waals surface area contributed by atoms with E-state index in [1.165, 1.54) is 8.61 Å². The predicted molar refractivity (Wildman–Crippen MR) is 76.3 cm³/mol. The third-order valence-electron chi connectivity index (χ3n) is 2.67. The van der Waals surface area contributed by atoms with Crippen molar-refractivity contribution in [2.75, 3.05) is 26.2 Å². The van der Waals surface area contributed by atoms with Crippen LogP contribution in [0.4, 0.5) is 0 Å². The van der Waals surface area contributed by atoms with Crippen molar-refractivity contribution >= 4 is 16.0 Å². The standard InChI is InChI=1S/C11H26N4O3S/c1-5-14(6-2)19(17,18)15(9-10(3)4)8-7-11(12)13-16/h10,16H,5-9H2,1-4H3,(H2,12,13). The van der Waals surface area contributed by atoms with Crippen LogP contribution in [0.5, 0.6) is 0 Å². The number of hydrogen-bond acceptors (Lipinski definition) is 4. The minimum absolute atomic E-state index is 0.0310. The number of oxime groups is 1. The molecule has 0 saturated heterocycles. The molecule has 0 radical (unpaired) electrons. The van der Waals surface area contributed by atoms with Crippen molar-refractivity contribution in [3.63, 3.8) is 0 Å². The van der Waals surface area contributed by atoms with E-state index >= 15 is 0 Å². The normalized spacial score (nSPS) is 13.7. The Morgan fingerprint density at radius 1 is 1.26 bits per heavy atom. The van der Waals surface area contributed by atoms with Crippen LogP contribution in [-0.4, -0.2) is 54.3 Å². The van der Waals surface area contributed by atoms with Gasteiger partial charge >= 0.3 is 0 Å². The molecule has 114 valence electrons. The van der Waals surface area contributed by atoms with Gasteiger partial charge in [0.2, 0.25) is 0 Å². The molecule has 0 aliphatic carbocycles. The van der Waals surface area contributed by atoms with Gasteiger partial charge in [-0.1, -0.05) is 32.9 Å². The summed E-state index contributed by atoms with van der Waals surface area (Å²) in [6.07, 6.45) is 0.212. The quantitative estimate of drug-likeness (QED) is 0.282.